The van der Waals surface area contributed by atoms with E-state index in [1.54, 1.807) is 0 Å². The number of fused-ring (bicyclic) bond motifs is 1. The summed E-state index contributed by atoms with van der Waals surface area (Å²) < 4.78 is 5.93. The maximum Gasteiger partial charge on any atom is 0.0723 e. The van der Waals surface area contributed by atoms with Gasteiger partial charge in [-0.3, -0.25) is 0 Å². The number of benzene rings is 2. The van der Waals surface area contributed by atoms with Crippen molar-refractivity contribution in [1.29, 1.82) is 0 Å². The third-order valence-corrected chi connectivity index (χ3v) is 3.89. The number of nitrogens with one attached hydrogen (secondary N) is 1. The van der Waals surface area contributed by atoms with Crippen LogP contribution in [0.3, 0.4) is 0 Å². The normalized spacial score (nSPS) is 19.7. The van der Waals surface area contributed by atoms with Gasteiger partial charge in [0.25, 0.3) is 0 Å². The quantitative estimate of drug-likeness (QED) is 0.904. The fourth-order valence-electron chi connectivity index (χ4n) is 2.82. The number of hydrogen-bond donors (Lipinski definition) is 1. The van der Waals surface area contributed by atoms with Crippen molar-refractivity contribution in [3.05, 3.63) is 48.0 Å². The molecule has 2 aromatic carbocycles. The van der Waals surface area contributed by atoms with Crippen LogP contribution in [0.25, 0.3) is 10.8 Å². The van der Waals surface area contributed by atoms with Gasteiger partial charge in [0.1, 0.15) is 0 Å². The standard InChI is InChI=1S/C17H21NO/c1-2-9-17-15(6-1)7-3-8-16(17)13-19-12-14-5-4-10-18-11-14/h1-3,6-9,14,18H,4-5,10-13H2. The van der Waals surface area contributed by atoms with Gasteiger partial charge in [0, 0.05) is 6.54 Å². The highest BCUT2D eigenvalue weighted by Gasteiger charge is 2.12. The molecule has 0 spiro atoms. The Labute approximate surface area is 114 Å². The molecule has 1 aliphatic heterocycles. The number of hydrogen-bond acceptors (Lipinski definition) is 2. The summed E-state index contributed by atoms with van der Waals surface area (Å²) in [5.41, 5.74) is 1.29. The Kier molecular flexibility index (Phi) is 4.11. The highest BCUT2D eigenvalue weighted by Crippen LogP contribution is 2.19. The average molecular weight is 255 g/mol. The summed E-state index contributed by atoms with van der Waals surface area (Å²) in [4.78, 5) is 0. The predicted molar refractivity (Wildman–Crippen MR) is 79.2 cm³/mol. The van der Waals surface area contributed by atoms with Gasteiger partial charge >= 0.3 is 0 Å². The molecular formula is C17H21NO. The van der Waals surface area contributed by atoms with Crippen LogP contribution in [-0.4, -0.2) is 19.7 Å². The Bertz CT molecular complexity index is 526. The fraction of sp³-hybridized carbons (Fsp3) is 0.412. The molecule has 0 aliphatic carbocycles. The summed E-state index contributed by atoms with van der Waals surface area (Å²) >= 11 is 0. The van der Waals surface area contributed by atoms with Crippen LogP contribution >= 0.6 is 0 Å². The summed E-state index contributed by atoms with van der Waals surface area (Å²) in [6, 6.07) is 15.0. The van der Waals surface area contributed by atoms with Crippen molar-refractivity contribution >= 4 is 10.8 Å². The number of piperidine rings is 1. The maximum absolute atomic E-state index is 5.93. The van der Waals surface area contributed by atoms with E-state index in [1.165, 1.54) is 35.7 Å². The molecule has 1 saturated heterocycles. The SMILES string of the molecule is c1ccc2c(COCC3CCCNC3)cccc2c1. The highest BCUT2D eigenvalue weighted by molar-refractivity contribution is 5.85. The van der Waals surface area contributed by atoms with Gasteiger partial charge in [0.2, 0.25) is 0 Å². The van der Waals surface area contributed by atoms with Gasteiger partial charge in [-0.2, -0.15) is 0 Å². The van der Waals surface area contributed by atoms with E-state index in [9.17, 15) is 0 Å². The molecule has 1 aliphatic rings. The van der Waals surface area contributed by atoms with Crippen molar-refractivity contribution in [3.8, 4) is 0 Å². The van der Waals surface area contributed by atoms with Crippen LogP contribution in [0.5, 0.6) is 0 Å². The number of ether oxygens (including phenoxy) is 1. The molecular weight excluding hydrogens is 234 g/mol. The maximum atomic E-state index is 5.93. The summed E-state index contributed by atoms with van der Waals surface area (Å²) in [6.07, 6.45) is 2.57. The second kappa shape index (κ2) is 6.18. The smallest absolute Gasteiger partial charge is 0.0723 e. The van der Waals surface area contributed by atoms with Crippen molar-refractivity contribution in [1.82, 2.24) is 5.32 Å². The minimum Gasteiger partial charge on any atom is -0.376 e. The minimum atomic E-state index is 0.684. The van der Waals surface area contributed by atoms with Crippen LogP contribution in [0.1, 0.15) is 18.4 Å². The van der Waals surface area contributed by atoms with Gasteiger partial charge in [0.05, 0.1) is 13.2 Å². The molecule has 1 heterocycles. The monoisotopic (exact) mass is 255 g/mol. The number of rotatable bonds is 4. The van der Waals surface area contributed by atoms with Crippen molar-refractivity contribution in [2.45, 2.75) is 19.4 Å². The molecule has 1 atom stereocenters. The molecule has 2 aromatic rings. The van der Waals surface area contributed by atoms with E-state index in [1.807, 2.05) is 0 Å². The first-order valence-corrected chi connectivity index (χ1v) is 7.18. The fourth-order valence-corrected chi connectivity index (χ4v) is 2.82. The third kappa shape index (κ3) is 3.14. The van der Waals surface area contributed by atoms with E-state index in [2.05, 4.69) is 47.8 Å². The zero-order chi connectivity index (χ0) is 12.9. The minimum absolute atomic E-state index is 0.684. The molecule has 0 bridgehead atoms. The highest BCUT2D eigenvalue weighted by atomic mass is 16.5. The van der Waals surface area contributed by atoms with E-state index < -0.39 is 0 Å². The van der Waals surface area contributed by atoms with Crippen molar-refractivity contribution in [2.75, 3.05) is 19.7 Å². The lowest BCUT2D eigenvalue weighted by atomic mass is 10.0. The molecule has 1 unspecified atom stereocenters. The molecule has 3 rings (SSSR count). The largest absolute Gasteiger partial charge is 0.376 e. The first-order chi connectivity index (χ1) is 9.43. The van der Waals surface area contributed by atoms with Crippen LogP contribution in [0.2, 0.25) is 0 Å². The van der Waals surface area contributed by atoms with E-state index in [0.717, 1.165) is 19.8 Å². The lowest BCUT2D eigenvalue weighted by Crippen LogP contribution is -2.32. The van der Waals surface area contributed by atoms with Crippen molar-refractivity contribution in [2.24, 2.45) is 5.92 Å². The molecule has 100 valence electrons. The van der Waals surface area contributed by atoms with Gasteiger partial charge in [-0.25, -0.2) is 0 Å². The Balaban J connectivity index is 1.62. The Morgan fingerprint density at radius 1 is 1.11 bits per heavy atom. The van der Waals surface area contributed by atoms with Gasteiger partial charge < -0.3 is 10.1 Å². The second-order valence-corrected chi connectivity index (χ2v) is 5.37. The first kappa shape index (κ1) is 12.6. The molecule has 1 fully saturated rings. The van der Waals surface area contributed by atoms with Crippen LogP contribution in [0.4, 0.5) is 0 Å². The lowest BCUT2D eigenvalue weighted by Gasteiger charge is -2.22. The van der Waals surface area contributed by atoms with E-state index in [-0.39, 0.29) is 0 Å². The van der Waals surface area contributed by atoms with Crippen LogP contribution in [0.15, 0.2) is 42.5 Å². The van der Waals surface area contributed by atoms with Gasteiger partial charge in [-0.1, -0.05) is 42.5 Å². The van der Waals surface area contributed by atoms with Crippen LogP contribution < -0.4 is 5.32 Å². The Morgan fingerprint density at radius 2 is 2.00 bits per heavy atom. The topological polar surface area (TPSA) is 21.3 Å². The zero-order valence-corrected chi connectivity index (χ0v) is 11.3. The van der Waals surface area contributed by atoms with Crippen molar-refractivity contribution < 1.29 is 4.74 Å². The van der Waals surface area contributed by atoms with Crippen molar-refractivity contribution in [3.63, 3.8) is 0 Å². The molecule has 19 heavy (non-hydrogen) atoms. The molecule has 0 aromatic heterocycles. The van der Waals surface area contributed by atoms with Gasteiger partial charge in [0.15, 0.2) is 0 Å². The van der Waals surface area contributed by atoms with E-state index >= 15 is 0 Å². The summed E-state index contributed by atoms with van der Waals surface area (Å²) in [6.45, 7) is 3.86. The molecule has 0 radical (unpaired) electrons. The molecule has 2 heteroatoms. The van der Waals surface area contributed by atoms with Gasteiger partial charge in [-0.05, 0) is 41.6 Å². The molecule has 2 nitrogen and oxygen atoms in total. The molecule has 1 N–H and O–H groups in total. The Hall–Kier alpha value is -1.38. The second-order valence-electron chi connectivity index (χ2n) is 5.37. The summed E-state index contributed by atoms with van der Waals surface area (Å²) in [5, 5.41) is 6.04. The first-order valence-electron chi connectivity index (χ1n) is 7.18. The summed E-state index contributed by atoms with van der Waals surface area (Å²) in [5.74, 6) is 0.684. The lowest BCUT2D eigenvalue weighted by molar-refractivity contribution is 0.0789. The zero-order valence-electron chi connectivity index (χ0n) is 11.3. The molecule has 0 amide bonds. The molecule has 0 saturated carbocycles. The predicted octanol–water partition coefficient (Wildman–Crippen LogP) is 3.36. The summed E-state index contributed by atoms with van der Waals surface area (Å²) in [7, 11) is 0. The van der Waals surface area contributed by atoms with Gasteiger partial charge in [-0.15, -0.1) is 0 Å². The van der Waals surface area contributed by atoms with E-state index in [4.69, 9.17) is 4.74 Å². The third-order valence-electron chi connectivity index (χ3n) is 3.89. The van der Waals surface area contributed by atoms with Crippen LogP contribution in [-0.2, 0) is 11.3 Å². The van der Waals surface area contributed by atoms with Crippen LogP contribution in [0, 0.1) is 5.92 Å². The van der Waals surface area contributed by atoms with E-state index in [0.29, 0.717) is 5.92 Å². The average Bonchev–Trinajstić information content (AvgIpc) is 2.49. The Morgan fingerprint density at radius 3 is 2.89 bits per heavy atom.